The molecule has 0 aromatic carbocycles. The Balaban J connectivity index is 2.92. The molecule has 1 aliphatic rings. The second-order valence-corrected chi connectivity index (χ2v) is 5.74. The van der Waals surface area contributed by atoms with Gasteiger partial charge in [0.25, 0.3) is 0 Å². The Morgan fingerprint density at radius 1 is 1.06 bits per heavy atom. The second kappa shape index (κ2) is 6.87. The smallest absolute Gasteiger partial charge is 0.0745 e. The molecule has 0 amide bonds. The first-order chi connectivity index (χ1) is 8.24. The summed E-state index contributed by atoms with van der Waals surface area (Å²) in [6.45, 7) is 16.4. The molecule has 0 bridgehead atoms. The van der Waals surface area contributed by atoms with Crippen molar-refractivity contribution in [3.05, 3.63) is 50.6 Å². The third-order valence-electron chi connectivity index (χ3n) is 3.20. The first kappa shape index (κ1) is 14.3. The number of hydrogen-bond acceptors (Lipinski definition) is 2. The fourth-order valence-electron chi connectivity index (χ4n) is 2.49. The van der Waals surface area contributed by atoms with Gasteiger partial charge in [0.15, 0.2) is 0 Å². The molecule has 1 rings (SSSR count). The summed E-state index contributed by atoms with van der Waals surface area (Å²) < 4.78 is 0. The van der Waals surface area contributed by atoms with Crippen molar-refractivity contribution in [2.45, 2.75) is 30.2 Å². The Bertz CT molecular complexity index is 285. The zero-order chi connectivity index (χ0) is 12.7. The molecule has 1 fully saturated rings. The molecular weight excluding hydrogens is 226 g/mol. The molecule has 1 saturated heterocycles. The van der Waals surface area contributed by atoms with Gasteiger partial charge in [-0.25, -0.2) is 0 Å². The molecule has 1 aliphatic heterocycles. The van der Waals surface area contributed by atoms with Gasteiger partial charge in [-0.05, 0) is 19.3 Å². The predicted molar refractivity (Wildman–Crippen MR) is 80.3 cm³/mol. The van der Waals surface area contributed by atoms with E-state index >= 15 is 0 Å². The monoisotopic (exact) mass is 249 g/mol. The average molecular weight is 249 g/mol. The SMILES string of the molecule is C=CCC1CSC(CC=C)(CC=C)N1CC=C. The van der Waals surface area contributed by atoms with Crippen molar-refractivity contribution in [2.24, 2.45) is 0 Å². The van der Waals surface area contributed by atoms with Crippen LogP contribution in [0.4, 0.5) is 0 Å². The summed E-state index contributed by atoms with van der Waals surface area (Å²) in [5.74, 6) is 1.15. The van der Waals surface area contributed by atoms with Crippen LogP contribution < -0.4 is 0 Å². The maximum atomic E-state index is 3.90. The number of hydrogen-bond donors (Lipinski definition) is 0. The number of nitrogens with zero attached hydrogens (tertiary/aromatic N) is 1. The highest BCUT2D eigenvalue weighted by Gasteiger charge is 2.43. The van der Waals surface area contributed by atoms with E-state index in [0.29, 0.717) is 6.04 Å². The molecule has 1 nitrogen and oxygen atoms in total. The maximum Gasteiger partial charge on any atom is 0.0745 e. The van der Waals surface area contributed by atoms with Crippen LogP contribution in [-0.2, 0) is 0 Å². The van der Waals surface area contributed by atoms with E-state index in [1.54, 1.807) is 0 Å². The lowest BCUT2D eigenvalue weighted by atomic mass is 10.0. The Morgan fingerprint density at radius 3 is 2.18 bits per heavy atom. The van der Waals surface area contributed by atoms with Crippen LogP contribution in [0.1, 0.15) is 19.3 Å². The van der Waals surface area contributed by atoms with Gasteiger partial charge in [0.05, 0.1) is 4.87 Å². The normalized spacial score (nSPS) is 23.2. The molecule has 17 heavy (non-hydrogen) atoms. The van der Waals surface area contributed by atoms with E-state index < -0.39 is 0 Å². The Morgan fingerprint density at radius 2 is 1.71 bits per heavy atom. The summed E-state index contributed by atoms with van der Waals surface area (Å²) in [6, 6.07) is 0.565. The highest BCUT2D eigenvalue weighted by atomic mass is 32.2. The molecule has 0 aliphatic carbocycles. The van der Waals surface area contributed by atoms with Crippen LogP contribution in [0.15, 0.2) is 50.6 Å². The summed E-state index contributed by atoms with van der Waals surface area (Å²) in [5, 5.41) is 0. The lowest BCUT2D eigenvalue weighted by Gasteiger charge is -2.38. The molecule has 94 valence electrons. The lowest BCUT2D eigenvalue weighted by Crippen LogP contribution is -2.45. The maximum absolute atomic E-state index is 3.90. The van der Waals surface area contributed by atoms with E-state index in [1.807, 2.05) is 36.1 Å². The Hall–Kier alpha value is -0.730. The molecular formula is C15H23NS. The largest absolute Gasteiger partial charge is 0.281 e. The van der Waals surface area contributed by atoms with E-state index in [2.05, 4.69) is 31.2 Å². The Kier molecular flexibility index (Phi) is 5.79. The first-order valence-electron chi connectivity index (χ1n) is 6.08. The van der Waals surface area contributed by atoms with Gasteiger partial charge in [0.1, 0.15) is 0 Å². The topological polar surface area (TPSA) is 3.24 Å². The Labute approximate surface area is 110 Å². The van der Waals surface area contributed by atoms with Crippen molar-refractivity contribution in [1.29, 1.82) is 0 Å². The van der Waals surface area contributed by atoms with Gasteiger partial charge in [-0.1, -0.05) is 24.3 Å². The predicted octanol–water partition coefficient (Wildman–Crippen LogP) is 4.01. The van der Waals surface area contributed by atoms with Crippen molar-refractivity contribution >= 4 is 11.8 Å². The molecule has 0 N–H and O–H groups in total. The highest BCUT2D eigenvalue weighted by molar-refractivity contribution is 8.00. The molecule has 0 saturated carbocycles. The molecule has 1 heterocycles. The van der Waals surface area contributed by atoms with Crippen LogP contribution in [0.5, 0.6) is 0 Å². The summed E-state index contributed by atoms with van der Waals surface area (Å²) >= 11 is 2.02. The molecule has 0 aromatic heterocycles. The number of rotatable bonds is 8. The van der Waals surface area contributed by atoms with E-state index in [4.69, 9.17) is 0 Å². The average Bonchev–Trinajstić information content (AvgIpc) is 2.61. The van der Waals surface area contributed by atoms with E-state index in [-0.39, 0.29) is 4.87 Å². The first-order valence-corrected chi connectivity index (χ1v) is 7.07. The zero-order valence-electron chi connectivity index (χ0n) is 10.6. The summed E-state index contributed by atoms with van der Waals surface area (Å²) in [5.41, 5.74) is 0. The van der Waals surface area contributed by atoms with Crippen molar-refractivity contribution in [3.8, 4) is 0 Å². The quantitative estimate of drug-likeness (QED) is 0.598. The van der Waals surface area contributed by atoms with Crippen molar-refractivity contribution in [2.75, 3.05) is 12.3 Å². The van der Waals surface area contributed by atoms with Crippen LogP contribution in [0.25, 0.3) is 0 Å². The summed E-state index contributed by atoms with van der Waals surface area (Å²) in [6.07, 6.45) is 11.1. The minimum Gasteiger partial charge on any atom is -0.281 e. The van der Waals surface area contributed by atoms with Crippen molar-refractivity contribution < 1.29 is 0 Å². The van der Waals surface area contributed by atoms with E-state index in [0.717, 1.165) is 31.6 Å². The molecule has 1 unspecified atom stereocenters. The van der Waals surface area contributed by atoms with Gasteiger partial charge in [-0.15, -0.1) is 38.1 Å². The van der Waals surface area contributed by atoms with Crippen LogP contribution >= 0.6 is 11.8 Å². The fraction of sp³-hybridized carbons (Fsp3) is 0.467. The molecule has 1 atom stereocenters. The van der Waals surface area contributed by atoms with Gasteiger partial charge in [0.2, 0.25) is 0 Å². The second-order valence-electron chi connectivity index (χ2n) is 4.36. The van der Waals surface area contributed by atoms with Gasteiger partial charge in [-0.2, -0.15) is 0 Å². The number of thioether (sulfide) groups is 1. The van der Waals surface area contributed by atoms with Gasteiger partial charge in [0, 0.05) is 18.3 Å². The highest BCUT2D eigenvalue weighted by Crippen LogP contribution is 2.45. The van der Waals surface area contributed by atoms with Gasteiger partial charge in [-0.3, -0.25) is 4.90 Å². The van der Waals surface area contributed by atoms with Crippen LogP contribution in [0.2, 0.25) is 0 Å². The minimum atomic E-state index is 0.130. The van der Waals surface area contributed by atoms with Gasteiger partial charge < -0.3 is 0 Å². The molecule has 0 radical (unpaired) electrons. The zero-order valence-corrected chi connectivity index (χ0v) is 11.4. The standard InChI is InChI=1S/C15H23NS/c1-5-9-14-13-17-15(10-6-2,11-7-3)16(14)12-8-4/h5-8,14H,1-4,9-13H2. The summed E-state index contributed by atoms with van der Waals surface area (Å²) in [7, 11) is 0. The minimum absolute atomic E-state index is 0.130. The third-order valence-corrected chi connectivity index (χ3v) is 4.86. The fourth-order valence-corrected chi connectivity index (χ4v) is 4.17. The van der Waals surface area contributed by atoms with Crippen LogP contribution in [-0.4, -0.2) is 28.1 Å². The van der Waals surface area contributed by atoms with Crippen LogP contribution in [0.3, 0.4) is 0 Å². The van der Waals surface area contributed by atoms with Crippen molar-refractivity contribution in [1.82, 2.24) is 4.90 Å². The third kappa shape index (κ3) is 3.14. The van der Waals surface area contributed by atoms with E-state index in [1.165, 1.54) is 0 Å². The summed E-state index contributed by atoms with van der Waals surface area (Å²) in [4.78, 5) is 2.67. The van der Waals surface area contributed by atoms with Gasteiger partial charge >= 0.3 is 0 Å². The molecule has 0 aromatic rings. The van der Waals surface area contributed by atoms with E-state index in [9.17, 15) is 0 Å². The molecule has 2 heteroatoms. The van der Waals surface area contributed by atoms with Crippen molar-refractivity contribution in [3.63, 3.8) is 0 Å². The van der Waals surface area contributed by atoms with Crippen LogP contribution in [0, 0.1) is 0 Å². The lowest BCUT2D eigenvalue weighted by molar-refractivity contribution is 0.159. The molecule has 0 spiro atoms.